The molecule has 2 rings (SSSR count). The summed E-state index contributed by atoms with van der Waals surface area (Å²) < 4.78 is 1.94. The molecule has 0 fully saturated rings. The molecule has 3 nitrogen and oxygen atoms in total. The number of nitrogens with zero attached hydrogens (tertiary/aromatic N) is 2. The molecule has 1 heterocycles. The first-order valence-corrected chi connectivity index (χ1v) is 7.56. The number of pyridine rings is 1. The van der Waals surface area contributed by atoms with E-state index in [2.05, 4.69) is 17.1 Å². The maximum Gasteiger partial charge on any atom is 0.0705 e. The van der Waals surface area contributed by atoms with Gasteiger partial charge in [-0.15, -0.1) is 0 Å². The average molecular weight is 279 g/mol. The molecule has 0 unspecified atom stereocenters. The van der Waals surface area contributed by atoms with Gasteiger partial charge in [0.1, 0.15) is 0 Å². The molecule has 0 aliphatic heterocycles. The first-order valence-electron chi connectivity index (χ1n) is 6.72. The summed E-state index contributed by atoms with van der Waals surface area (Å²) in [6, 6.07) is 12.2. The van der Waals surface area contributed by atoms with Crippen molar-refractivity contribution in [1.82, 2.24) is 9.29 Å². The molecular formula is C15H25N3S. The van der Waals surface area contributed by atoms with Gasteiger partial charge in [0.2, 0.25) is 0 Å². The van der Waals surface area contributed by atoms with E-state index in [0.29, 0.717) is 0 Å². The lowest BCUT2D eigenvalue weighted by molar-refractivity contribution is 0.556. The van der Waals surface area contributed by atoms with Crippen molar-refractivity contribution in [1.29, 1.82) is 0 Å². The van der Waals surface area contributed by atoms with Crippen LogP contribution in [0.15, 0.2) is 36.4 Å². The summed E-state index contributed by atoms with van der Waals surface area (Å²) in [5.41, 5.74) is 2.07. The third-order valence-electron chi connectivity index (χ3n) is 2.22. The fourth-order valence-corrected chi connectivity index (χ4v) is 1.67. The van der Waals surface area contributed by atoms with Gasteiger partial charge in [-0.05, 0) is 19.2 Å². The van der Waals surface area contributed by atoms with E-state index in [1.165, 1.54) is 17.5 Å². The fraction of sp³-hybridized carbons (Fsp3) is 0.400. The van der Waals surface area contributed by atoms with Gasteiger partial charge in [-0.25, -0.2) is 4.31 Å². The largest absolute Gasteiger partial charge is 0.264 e. The van der Waals surface area contributed by atoms with Crippen molar-refractivity contribution < 1.29 is 0 Å². The van der Waals surface area contributed by atoms with Crippen molar-refractivity contribution in [2.45, 2.75) is 34.2 Å². The van der Waals surface area contributed by atoms with Gasteiger partial charge in [-0.3, -0.25) is 10.1 Å². The van der Waals surface area contributed by atoms with Crippen molar-refractivity contribution >= 4 is 23.0 Å². The zero-order valence-corrected chi connectivity index (χ0v) is 13.4. The van der Waals surface area contributed by atoms with Gasteiger partial charge in [0.25, 0.3) is 0 Å². The van der Waals surface area contributed by atoms with Gasteiger partial charge in [-0.2, -0.15) is 0 Å². The van der Waals surface area contributed by atoms with Crippen molar-refractivity contribution in [3.63, 3.8) is 0 Å². The molecule has 0 atom stereocenters. The second-order valence-corrected chi connectivity index (χ2v) is 4.22. The predicted octanol–water partition coefficient (Wildman–Crippen LogP) is 4.24. The van der Waals surface area contributed by atoms with Crippen LogP contribution >= 0.6 is 12.1 Å². The molecular weight excluding hydrogens is 254 g/mol. The highest BCUT2D eigenvalue weighted by Gasteiger charge is 2.01. The molecule has 1 aromatic heterocycles. The number of hydrogen-bond donors (Lipinski definition) is 1. The maximum absolute atomic E-state index is 5.45. The first kappa shape index (κ1) is 17.9. The lowest BCUT2D eigenvalue weighted by Crippen LogP contribution is -2.12. The van der Waals surface area contributed by atoms with E-state index >= 15 is 0 Å². The van der Waals surface area contributed by atoms with Crippen molar-refractivity contribution in [2.24, 2.45) is 5.14 Å². The highest BCUT2D eigenvalue weighted by molar-refractivity contribution is 7.94. The lowest BCUT2D eigenvalue weighted by atomic mass is 10.2. The fourth-order valence-electron chi connectivity index (χ4n) is 1.46. The lowest BCUT2D eigenvalue weighted by Gasteiger charge is -2.11. The quantitative estimate of drug-likeness (QED) is 0.853. The molecule has 0 aliphatic carbocycles. The standard InChI is InChI=1S/C11H13N3S.2C2H6/c1-14(15-12)8-10-7-6-9-4-2-3-5-11(9)13-10;2*1-2/h2-7H,8,12H2,1H3;2*1-2H3. The van der Waals surface area contributed by atoms with E-state index in [9.17, 15) is 0 Å². The molecule has 0 saturated heterocycles. The number of aromatic nitrogens is 1. The minimum absolute atomic E-state index is 0.756. The van der Waals surface area contributed by atoms with Crippen LogP contribution < -0.4 is 5.14 Å². The Hall–Kier alpha value is -1.10. The molecule has 2 N–H and O–H groups in total. The highest BCUT2D eigenvalue weighted by atomic mass is 32.2. The van der Waals surface area contributed by atoms with E-state index in [1.54, 1.807) is 0 Å². The normalized spacial score (nSPS) is 9.42. The Morgan fingerprint density at radius 2 is 1.68 bits per heavy atom. The summed E-state index contributed by atoms with van der Waals surface area (Å²) >= 11 is 1.22. The van der Waals surface area contributed by atoms with Gasteiger partial charge in [0.05, 0.1) is 17.8 Å². The molecule has 1 aromatic carbocycles. The number of para-hydroxylation sites is 1. The number of nitrogens with two attached hydrogens (primary N) is 1. The third-order valence-corrected chi connectivity index (χ3v) is 2.71. The van der Waals surface area contributed by atoms with Gasteiger partial charge < -0.3 is 0 Å². The Balaban J connectivity index is 0.000000741. The van der Waals surface area contributed by atoms with Crippen LogP contribution in [-0.2, 0) is 6.54 Å². The van der Waals surface area contributed by atoms with E-state index in [4.69, 9.17) is 5.14 Å². The Labute approximate surface area is 121 Å². The molecule has 0 saturated carbocycles. The van der Waals surface area contributed by atoms with E-state index < -0.39 is 0 Å². The molecule has 0 amide bonds. The van der Waals surface area contributed by atoms with Crippen LogP contribution in [0.2, 0.25) is 0 Å². The van der Waals surface area contributed by atoms with Crippen LogP contribution in [-0.4, -0.2) is 16.3 Å². The van der Waals surface area contributed by atoms with Gasteiger partial charge in [0.15, 0.2) is 0 Å². The second kappa shape index (κ2) is 10.8. The molecule has 0 bridgehead atoms. The minimum Gasteiger partial charge on any atom is -0.264 e. The summed E-state index contributed by atoms with van der Waals surface area (Å²) in [7, 11) is 1.95. The predicted molar refractivity (Wildman–Crippen MR) is 87.7 cm³/mol. The molecule has 19 heavy (non-hydrogen) atoms. The van der Waals surface area contributed by atoms with Crippen LogP contribution in [0.25, 0.3) is 10.9 Å². The monoisotopic (exact) mass is 279 g/mol. The molecule has 4 heteroatoms. The zero-order chi connectivity index (χ0) is 14.7. The molecule has 0 spiro atoms. The van der Waals surface area contributed by atoms with Crippen LogP contribution in [0, 0.1) is 0 Å². The minimum atomic E-state index is 0.756. The van der Waals surface area contributed by atoms with Crippen molar-refractivity contribution in [2.75, 3.05) is 7.05 Å². The maximum atomic E-state index is 5.45. The van der Waals surface area contributed by atoms with Crippen LogP contribution in [0.3, 0.4) is 0 Å². The summed E-state index contributed by atoms with van der Waals surface area (Å²) in [5.74, 6) is 0. The van der Waals surface area contributed by atoms with Crippen LogP contribution in [0.4, 0.5) is 0 Å². The van der Waals surface area contributed by atoms with Gasteiger partial charge >= 0.3 is 0 Å². The summed E-state index contributed by atoms with van der Waals surface area (Å²) in [5, 5.41) is 6.62. The summed E-state index contributed by atoms with van der Waals surface area (Å²) in [4.78, 5) is 4.55. The second-order valence-electron chi connectivity index (χ2n) is 3.39. The molecule has 2 aromatic rings. The highest BCUT2D eigenvalue weighted by Crippen LogP contribution is 2.13. The Bertz CT molecular complexity index is 460. The average Bonchev–Trinajstić information content (AvgIpc) is 2.51. The summed E-state index contributed by atoms with van der Waals surface area (Å²) in [6.07, 6.45) is 0. The smallest absolute Gasteiger partial charge is 0.0705 e. The first-order chi connectivity index (χ1) is 9.29. The number of rotatable bonds is 3. The SMILES string of the molecule is CC.CC.CN(Cc1ccc2ccccc2n1)SN. The van der Waals surface area contributed by atoms with Crippen LogP contribution in [0.1, 0.15) is 33.4 Å². The van der Waals surface area contributed by atoms with Crippen molar-refractivity contribution in [3.8, 4) is 0 Å². The molecule has 0 radical (unpaired) electrons. The van der Waals surface area contributed by atoms with E-state index in [0.717, 1.165) is 17.8 Å². The number of hydrogen-bond acceptors (Lipinski definition) is 4. The van der Waals surface area contributed by atoms with Crippen LogP contribution in [0.5, 0.6) is 0 Å². The summed E-state index contributed by atoms with van der Waals surface area (Å²) in [6.45, 7) is 8.76. The molecule has 0 aliphatic rings. The number of benzene rings is 1. The van der Waals surface area contributed by atoms with Crippen molar-refractivity contribution in [3.05, 3.63) is 42.1 Å². The van der Waals surface area contributed by atoms with Gasteiger partial charge in [0, 0.05) is 17.5 Å². The Morgan fingerprint density at radius 1 is 1.05 bits per heavy atom. The molecule has 106 valence electrons. The Morgan fingerprint density at radius 3 is 2.32 bits per heavy atom. The Kier molecular flexibility index (Phi) is 10.2. The third kappa shape index (κ3) is 6.05. The van der Waals surface area contributed by atoms with Gasteiger partial charge in [-0.1, -0.05) is 52.0 Å². The van der Waals surface area contributed by atoms with E-state index in [1.807, 2.05) is 63.3 Å². The topological polar surface area (TPSA) is 42.2 Å². The van der Waals surface area contributed by atoms with E-state index in [-0.39, 0.29) is 0 Å². The zero-order valence-electron chi connectivity index (χ0n) is 12.6. The number of fused-ring (bicyclic) bond motifs is 1.